The summed E-state index contributed by atoms with van der Waals surface area (Å²) in [5.74, 6) is -2.88. The van der Waals surface area contributed by atoms with Gasteiger partial charge in [0.1, 0.15) is 5.82 Å². The molecule has 0 saturated heterocycles. The highest BCUT2D eigenvalue weighted by Gasteiger charge is 2.41. The molecule has 0 bridgehead atoms. The normalized spacial score (nSPS) is 19.8. The number of halogens is 7. The molecular formula is C17H12F7N3O. The van der Waals surface area contributed by atoms with Crippen molar-refractivity contribution >= 4 is 5.91 Å². The second kappa shape index (κ2) is 7.02. The van der Waals surface area contributed by atoms with Gasteiger partial charge in [0.15, 0.2) is 11.4 Å². The Morgan fingerprint density at radius 3 is 2.21 bits per heavy atom. The number of hydrogen-bond donors (Lipinski definition) is 1. The van der Waals surface area contributed by atoms with E-state index in [0.29, 0.717) is 18.9 Å². The van der Waals surface area contributed by atoms with Crippen LogP contribution < -0.4 is 5.32 Å². The number of nitrogens with one attached hydrogen (secondary N) is 1. The Bertz CT molecular complexity index is 895. The van der Waals surface area contributed by atoms with Crippen molar-refractivity contribution in [3.63, 3.8) is 0 Å². The van der Waals surface area contributed by atoms with Crippen LogP contribution in [0, 0.1) is 5.82 Å². The number of alkyl halides is 6. The highest BCUT2D eigenvalue weighted by molar-refractivity contribution is 5.93. The summed E-state index contributed by atoms with van der Waals surface area (Å²) in [5.41, 5.74) is -3.57. The second-order valence-corrected chi connectivity index (χ2v) is 6.25. The summed E-state index contributed by atoms with van der Waals surface area (Å²) in [7, 11) is 0. The molecule has 1 aliphatic carbocycles. The van der Waals surface area contributed by atoms with E-state index < -0.39 is 53.0 Å². The van der Waals surface area contributed by atoms with Gasteiger partial charge < -0.3 is 5.32 Å². The fraction of sp³-hybridized carbons (Fsp3) is 0.353. The smallest absolute Gasteiger partial charge is 0.347 e. The Labute approximate surface area is 153 Å². The molecule has 0 unspecified atom stereocenters. The van der Waals surface area contributed by atoms with E-state index in [4.69, 9.17) is 0 Å². The molecule has 1 aromatic carbocycles. The molecule has 1 aromatic heterocycles. The Morgan fingerprint density at radius 2 is 1.68 bits per heavy atom. The van der Waals surface area contributed by atoms with E-state index in [0.717, 1.165) is 24.5 Å². The van der Waals surface area contributed by atoms with Crippen LogP contribution in [0.5, 0.6) is 0 Å². The van der Waals surface area contributed by atoms with Crippen LogP contribution in [0.2, 0.25) is 0 Å². The lowest BCUT2D eigenvalue weighted by atomic mass is 9.74. The maximum absolute atomic E-state index is 14.1. The highest BCUT2D eigenvalue weighted by atomic mass is 19.4. The SMILES string of the molecule is O=C(N[C@@H]1CC[C@@H]1c1ccc(C(F)(F)F)cc1F)c1nccnc1C(F)(F)F. The molecule has 1 heterocycles. The van der Waals surface area contributed by atoms with E-state index in [1.165, 1.54) is 0 Å². The first kappa shape index (κ1) is 20.0. The first-order valence-electron chi connectivity index (χ1n) is 8.04. The lowest BCUT2D eigenvalue weighted by molar-refractivity contribution is -0.142. The molecule has 0 radical (unpaired) electrons. The minimum absolute atomic E-state index is 0.0419. The Morgan fingerprint density at radius 1 is 1.00 bits per heavy atom. The third kappa shape index (κ3) is 3.92. The number of nitrogens with zero attached hydrogens (tertiary/aromatic N) is 2. The number of carbonyl (C=O) groups is 1. The largest absolute Gasteiger partial charge is 0.435 e. The van der Waals surface area contributed by atoms with Crippen LogP contribution in [0.15, 0.2) is 30.6 Å². The summed E-state index contributed by atoms with van der Waals surface area (Å²) in [4.78, 5) is 18.8. The predicted octanol–water partition coefficient (Wildman–Crippen LogP) is 4.33. The molecule has 0 aliphatic heterocycles. The van der Waals surface area contributed by atoms with Gasteiger partial charge in [-0.1, -0.05) is 6.07 Å². The third-order valence-electron chi connectivity index (χ3n) is 4.50. The van der Waals surface area contributed by atoms with Crippen LogP contribution in [0.3, 0.4) is 0 Å². The van der Waals surface area contributed by atoms with Crippen molar-refractivity contribution in [2.24, 2.45) is 0 Å². The summed E-state index contributed by atoms with van der Waals surface area (Å²) >= 11 is 0. The van der Waals surface area contributed by atoms with Crippen molar-refractivity contribution < 1.29 is 35.5 Å². The van der Waals surface area contributed by atoms with E-state index >= 15 is 0 Å². The van der Waals surface area contributed by atoms with Crippen molar-refractivity contribution in [1.29, 1.82) is 0 Å². The van der Waals surface area contributed by atoms with Crippen LogP contribution in [0.1, 0.15) is 46.1 Å². The fourth-order valence-corrected chi connectivity index (χ4v) is 3.00. The molecule has 1 fully saturated rings. The Balaban J connectivity index is 1.78. The van der Waals surface area contributed by atoms with Crippen molar-refractivity contribution in [3.05, 3.63) is 58.9 Å². The van der Waals surface area contributed by atoms with E-state index in [1.54, 1.807) is 0 Å². The number of hydrogen-bond acceptors (Lipinski definition) is 3. The summed E-state index contributed by atoms with van der Waals surface area (Å²) < 4.78 is 90.9. The van der Waals surface area contributed by atoms with Crippen LogP contribution >= 0.6 is 0 Å². The average Bonchev–Trinajstić information content (AvgIpc) is 2.58. The standard InChI is InChI=1S/C17H12F7N3O/c18-11-7-8(16(19,20)21)1-2-9(11)10-3-4-12(10)27-15(28)13-14(17(22,23)24)26-6-5-25-13/h1-2,5-7,10,12H,3-4H2,(H,27,28)/t10-,12-/m1/s1. The second-order valence-electron chi connectivity index (χ2n) is 6.25. The van der Waals surface area contributed by atoms with Crippen LogP contribution in [0.25, 0.3) is 0 Å². The monoisotopic (exact) mass is 407 g/mol. The third-order valence-corrected chi connectivity index (χ3v) is 4.50. The molecule has 0 spiro atoms. The van der Waals surface area contributed by atoms with Gasteiger partial charge in [-0.15, -0.1) is 0 Å². The van der Waals surface area contributed by atoms with Crippen LogP contribution in [0.4, 0.5) is 30.7 Å². The van der Waals surface area contributed by atoms with E-state index in [9.17, 15) is 35.5 Å². The maximum atomic E-state index is 14.1. The zero-order chi connectivity index (χ0) is 20.7. The maximum Gasteiger partial charge on any atom is 0.435 e. The van der Waals surface area contributed by atoms with E-state index in [-0.39, 0.29) is 5.56 Å². The molecule has 150 valence electrons. The minimum Gasteiger partial charge on any atom is -0.347 e. The van der Waals surface area contributed by atoms with E-state index in [1.807, 2.05) is 0 Å². The molecule has 1 aliphatic rings. The first-order chi connectivity index (χ1) is 13.0. The molecule has 1 N–H and O–H groups in total. The van der Waals surface area contributed by atoms with Gasteiger partial charge in [0.2, 0.25) is 0 Å². The average molecular weight is 407 g/mol. The first-order valence-corrected chi connectivity index (χ1v) is 8.04. The fourth-order valence-electron chi connectivity index (χ4n) is 3.00. The zero-order valence-electron chi connectivity index (χ0n) is 13.9. The van der Waals surface area contributed by atoms with Gasteiger partial charge in [0.05, 0.1) is 5.56 Å². The molecular weight excluding hydrogens is 395 g/mol. The van der Waals surface area contributed by atoms with Gasteiger partial charge in [-0.3, -0.25) is 4.79 Å². The summed E-state index contributed by atoms with van der Waals surface area (Å²) in [5, 5.41) is 2.34. The number of aromatic nitrogens is 2. The lowest BCUT2D eigenvalue weighted by Gasteiger charge is -2.37. The zero-order valence-corrected chi connectivity index (χ0v) is 13.9. The summed E-state index contributed by atoms with van der Waals surface area (Å²) in [6.45, 7) is 0. The Hall–Kier alpha value is -2.72. The molecule has 1 saturated carbocycles. The van der Waals surface area contributed by atoms with Crippen LogP contribution in [-0.4, -0.2) is 21.9 Å². The molecule has 2 aromatic rings. The van der Waals surface area contributed by atoms with Gasteiger partial charge in [-0.25, -0.2) is 14.4 Å². The number of benzene rings is 1. The van der Waals surface area contributed by atoms with Crippen molar-refractivity contribution in [1.82, 2.24) is 15.3 Å². The molecule has 4 nitrogen and oxygen atoms in total. The van der Waals surface area contributed by atoms with Gasteiger partial charge >= 0.3 is 12.4 Å². The number of amides is 1. The lowest BCUT2D eigenvalue weighted by Crippen LogP contribution is -2.46. The number of carbonyl (C=O) groups excluding carboxylic acids is 1. The van der Waals surface area contributed by atoms with Gasteiger partial charge in [-0.05, 0) is 30.5 Å². The molecule has 11 heteroatoms. The molecule has 1 amide bonds. The highest BCUT2D eigenvalue weighted by Crippen LogP contribution is 2.40. The quantitative estimate of drug-likeness (QED) is 0.771. The van der Waals surface area contributed by atoms with Crippen molar-refractivity contribution in [3.8, 4) is 0 Å². The van der Waals surface area contributed by atoms with Crippen molar-refractivity contribution in [2.75, 3.05) is 0 Å². The van der Waals surface area contributed by atoms with E-state index in [2.05, 4.69) is 15.3 Å². The van der Waals surface area contributed by atoms with Gasteiger partial charge in [0, 0.05) is 24.4 Å². The van der Waals surface area contributed by atoms with Crippen LogP contribution in [-0.2, 0) is 12.4 Å². The topological polar surface area (TPSA) is 54.9 Å². The predicted molar refractivity (Wildman–Crippen MR) is 81.7 cm³/mol. The summed E-state index contributed by atoms with van der Waals surface area (Å²) in [6, 6.07) is 1.32. The molecule has 3 rings (SSSR count). The molecule has 28 heavy (non-hydrogen) atoms. The minimum atomic E-state index is -4.89. The van der Waals surface area contributed by atoms with Crippen molar-refractivity contribution in [2.45, 2.75) is 37.2 Å². The summed E-state index contributed by atoms with van der Waals surface area (Å²) in [6.07, 6.45) is -7.17. The molecule has 2 atom stereocenters. The van der Waals surface area contributed by atoms with Gasteiger partial charge in [-0.2, -0.15) is 26.3 Å². The van der Waals surface area contributed by atoms with Gasteiger partial charge in [0.25, 0.3) is 5.91 Å². The Kier molecular flexibility index (Phi) is 5.02. The number of rotatable bonds is 3.